The van der Waals surface area contributed by atoms with Crippen LogP contribution < -0.4 is 0 Å². The van der Waals surface area contributed by atoms with Crippen LogP contribution in [0.15, 0.2) is 0 Å². The lowest BCUT2D eigenvalue weighted by atomic mass is 10.1. The number of carbonyl (C=O) groups excluding carboxylic acids is 1. The van der Waals surface area contributed by atoms with Crippen LogP contribution in [0.2, 0.25) is 0 Å². The number of esters is 1. The second-order valence-electron chi connectivity index (χ2n) is 9.68. The molecule has 0 bridgehead atoms. The summed E-state index contributed by atoms with van der Waals surface area (Å²) in [6.45, 7) is 15.5. The lowest BCUT2D eigenvalue weighted by Crippen LogP contribution is -2.39. The zero-order valence-electron chi connectivity index (χ0n) is 19.8. The Balaban J connectivity index is 4.34. The largest absolute Gasteiger partial charge is 0.465 e. The normalized spacial score (nSPS) is 14.1. The minimum atomic E-state index is -1.12. The molecular weight excluding hydrogens is 392 g/mol. The van der Waals surface area contributed by atoms with Crippen LogP contribution in [-0.2, 0) is 29.1 Å². The van der Waals surface area contributed by atoms with E-state index < -0.39 is 17.0 Å². The predicted octanol–water partition coefficient (Wildman–Crippen LogP) is 6.18. The van der Waals surface area contributed by atoms with Crippen LogP contribution in [0, 0.1) is 0 Å². The summed E-state index contributed by atoms with van der Waals surface area (Å²) in [7, 11) is 0. The van der Waals surface area contributed by atoms with Crippen LogP contribution in [0.4, 0.5) is 0 Å². The fraction of sp³-hybridized carbons (Fsp3) is 0.955. The zero-order chi connectivity index (χ0) is 22.6. The van der Waals surface area contributed by atoms with E-state index >= 15 is 0 Å². The van der Waals surface area contributed by atoms with Gasteiger partial charge in [-0.05, 0) is 61.3 Å². The summed E-state index contributed by atoms with van der Waals surface area (Å²) in [4.78, 5) is 34.0. The van der Waals surface area contributed by atoms with Gasteiger partial charge in [0.05, 0.1) is 23.1 Å². The Hall–Kier alpha value is -0.340. The van der Waals surface area contributed by atoms with Crippen molar-refractivity contribution in [3.63, 3.8) is 0 Å². The van der Waals surface area contributed by atoms with E-state index in [4.69, 9.17) is 24.3 Å². The van der Waals surface area contributed by atoms with Crippen molar-refractivity contribution in [3.8, 4) is 0 Å². The number of ether oxygens (including phenoxy) is 1. The van der Waals surface area contributed by atoms with Gasteiger partial charge in [-0.25, -0.2) is 9.78 Å². The van der Waals surface area contributed by atoms with E-state index in [1.807, 2.05) is 41.5 Å². The first-order valence-corrected chi connectivity index (χ1v) is 11.4. The van der Waals surface area contributed by atoms with Gasteiger partial charge < -0.3 is 4.74 Å². The number of unbranched alkanes of at least 4 members (excludes halogenated alkanes) is 4. The monoisotopic (exact) mass is 436 g/mol. The van der Waals surface area contributed by atoms with Crippen molar-refractivity contribution in [2.75, 3.05) is 6.61 Å². The Kier molecular flexibility index (Phi) is 13.7. The van der Waals surface area contributed by atoms with Crippen LogP contribution in [0.3, 0.4) is 0 Å². The number of thiol groups is 1. The second-order valence-corrected chi connectivity index (χ2v) is 10.3. The third-order valence-corrected chi connectivity index (χ3v) is 4.28. The van der Waals surface area contributed by atoms with E-state index in [2.05, 4.69) is 19.6 Å². The molecule has 7 heteroatoms. The summed E-state index contributed by atoms with van der Waals surface area (Å²) >= 11 is 4.38. The molecule has 0 spiro atoms. The molecule has 0 saturated carbocycles. The second kappa shape index (κ2) is 13.9. The van der Waals surface area contributed by atoms with Gasteiger partial charge in [0.2, 0.25) is 5.79 Å². The van der Waals surface area contributed by atoms with E-state index in [1.165, 1.54) is 19.3 Å². The molecule has 0 rings (SSSR count). The van der Waals surface area contributed by atoms with Crippen LogP contribution in [0.1, 0.15) is 107 Å². The molecule has 0 aliphatic carbocycles. The standard InChI is InChI=1S/C22H44O6S/c1-9-10-11-12-13-15-18(29)19(23)24-17-14-16-22(8,27-25-20(2,3)4)28-26-21(5,6)7/h18,29H,9-17H2,1-8H3. The molecule has 0 N–H and O–H groups in total. The van der Waals surface area contributed by atoms with E-state index in [1.54, 1.807) is 6.92 Å². The average Bonchev–Trinajstić information content (AvgIpc) is 2.60. The van der Waals surface area contributed by atoms with Crippen molar-refractivity contribution >= 4 is 18.6 Å². The summed E-state index contributed by atoms with van der Waals surface area (Å²) in [6.07, 6.45) is 7.50. The molecule has 29 heavy (non-hydrogen) atoms. The zero-order valence-corrected chi connectivity index (χ0v) is 20.7. The summed E-state index contributed by atoms with van der Waals surface area (Å²) < 4.78 is 5.36. The summed E-state index contributed by atoms with van der Waals surface area (Å²) in [6, 6.07) is 0. The minimum absolute atomic E-state index is 0.263. The molecule has 1 unspecified atom stereocenters. The Bertz CT molecular complexity index is 424. The van der Waals surface area contributed by atoms with Crippen molar-refractivity contribution in [2.24, 2.45) is 0 Å². The Morgan fingerprint density at radius 1 is 0.793 bits per heavy atom. The van der Waals surface area contributed by atoms with E-state index in [-0.39, 0.29) is 17.8 Å². The molecule has 1 atom stereocenters. The number of hydrogen-bond acceptors (Lipinski definition) is 7. The van der Waals surface area contributed by atoms with Gasteiger partial charge in [0.1, 0.15) is 0 Å². The van der Waals surface area contributed by atoms with Crippen molar-refractivity contribution in [3.05, 3.63) is 0 Å². The molecule has 0 aromatic carbocycles. The quantitative estimate of drug-likeness (QED) is 0.0826. The van der Waals surface area contributed by atoms with Gasteiger partial charge >= 0.3 is 5.97 Å². The van der Waals surface area contributed by atoms with Crippen molar-refractivity contribution in [1.29, 1.82) is 0 Å². The maximum Gasteiger partial charge on any atom is 0.318 e. The Morgan fingerprint density at radius 2 is 1.31 bits per heavy atom. The fourth-order valence-corrected chi connectivity index (χ4v) is 2.50. The molecular formula is C22H44O6S. The van der Waals surface area contributed by atoms with Gasteiger partial charge in [0, 0.05) is 6.42 Å². The molecule has 0 aromatic heterocycles. The molecule has 0 saturated heterocycles. The first kappa shape index (κ1) is 28.7. The van der Waals surface area contributed by atoms with Gasteiger partial charge in [0.25, 0.3) is 0 Å². The predicted molar refractivity (Wildman–Crippen MR) is 119 cm³/mol. The maximum absolute atomic E-state index is 12.1. The Labute approximate surface area is 183 Å². The first-order chi connectivity index (χ1) is 13.3. The lowest BCUT2D eigenvalue weighted by Gasteiger charge is -2.32. The highest BCUT2D eigenvalue weighted by atomic mass is 32.1. The highest BCUT2D eigenvalue weighted by Gasteiger charge is 2.33. The SMILES string of the molecule is CCCCCCCC(S)C(=O)OCCCC(C)(OOC(C)(C)C)OOC(C)(C)C. The fourth-order valence-electron chi connectivity index (χ4n) is 2.24. The van der Waals surface area contributed by atoms with Crippen LogP contribution in [-0.4, -0.2) is 34.8 Å². The number of hydrogen-bond donors (Lipinski definition) is 1. The Morgan fingerprint density at radius 3 is 1.79 bits per heavy atom. The van der Waals surface area contributed by atoms with Crippen molar-refractivity contribution in [1.82, 2.24) is 0 Å². The molecule has 0 aliphatic rings. The van der Waals surface area contributed by atoms with Gasteiger partial charge in [-0.2, -0.15) is 22.4 Å². The summed E-state index contributed by atoms with van der Waals surface area (Å²) in [5.41, 5.74) is -0.982. The molecule has 0 fully saturated rings. The third kappa shape index (κ3) is 17.1. The molecule has 6 nitrogen and oxygen atoms in total. The average molecular weight is 437 g/mol. The van der Waals surface area contributed by atoms with Crippen molar-refractivity contribution in [2.45, 2.75) is 129 Å². The number of rotatable bonds is 15. The molecule has 0 radical (unpaired) electrons. The number of carbonyl (C=O) groups is 1. The van der Waals surface area contributed by atoms with Gasteiger partial charge in [0.15, 0.2) is 0 Å². The topological polar surface area (TPSA) is 63.2 Å². The van der Waals surface area contributed by atoms with Gasteiger partial charge in [-0.15, -0.1) is 0 Å². The molecule has 174 valence electrons. The van der Waals surface area contributed by atoms with E-state index in [0.717, 1.165) is 19.3 Å². The minimum Gasteiger partial charge on any atom is -0.465 e. The molecule has 0 heterocycles. The third-order valence-electron chi connectivity index (χ3n) is 3.81. The summed E-state index contributed by atoms with van der Waals surface area (Å²) in [5, 5.41) is -0.371. The van der Waals surface area contributed by atoms with Crippen LogP contribution in [0.5, 0.6) is 0 Å². The van der Waals surface area contributed by atoms with E-state index in [9.17, 15) is 4.79 Å². The first-order valence-electron chi connectivity index (χ1n) is 10.9. The molecule has 0 aromatic rings. The van der Waals surface area contributed by atoms with Gasteiger partial charge in [-0.3, -0.25) is 4.79 Å². The lowest BCUT2D eigenvalue weighted by molar-refractivity contribution is -0.537. The molecule has 0 amide bonds. The highest BCUT2D eigenvalue weighted by Crippen LogP contribution is 2.26. The summed E-state index contributed by atoms with van der Waals surface area (Å²) in [5.74, 6) is -1.39. The van der Waals surface area contributed by atoms with Crippen LogP contribution >= 0.6 is 12.6 Å². The van der Waals surface area contributed by atoms with E-state index in [0.29, 0.717) is 12.8 Å². The maximum atomic E-state index is 12.1. The highest BCUT2D eigenvalue weighted by molar-refractivity contribution is 7.81. The van der Waals surface area contributed by atoms with Crippen molar-refractivity contribution < 1.29 is 29.1 Å². The smallest absolute Gasteiger partial charge is 0.318 e. The van der Waals surface area contributed by atoms with Gasteiger partial charge in [-0.1, -0.05) is 39.0 Å². The van der Waals surface area contributed by atoms with Crippen LogP contribution in [0.25, 0.3) is 0 Å². The molecule has 0 aliphatic heterocycles.